The Bertz CT molecular complexity index is 484. The Morgan fingerprint density at radius 3 is 2.75 bits per heavy atom. The molecular weight excluding hydrogens is 296 g/mol. The van der Waals surface area contributed by atoms with E-state index in [0.717, 1.165) is 11.3 Å². The molecule has 1 rings (SSSR count). The second-order valence-corrected chi connectivity index (χ2v) is 7.67. The van der Waals surface area contributed by atoms with Gasteiger partial charge in [0.05, 0.1) is 11.5 Å². The number of sulfonamides is 1. The lowest BCUT2D eigenvalue weighted by atomic mass is 10.1. The molecule has 0 aliphatic rings. The highest BCUT2D eigenvalue weighted by atomic mass is 32.2. The smallest absolute Gasteiger partial charge is 0.241 e. The van der Waals surface area contributed by atoms with Gasteiger partial charge < -0.3 is 10.1 Å². The van der Waals surface area contributed by atoms with Crippen molar-refractivity contribution in [3.8, 4) is 0 Å². The molecule has 0 aromatic carbocycles. The Labute approximate surface area is 125 Å². The molecule has 20 heavy (non-hydrogen) atoms. The average molecular weight is 320 g/mol. The quantitative estimate of drug-likeness (QED) is 0.645. The molecular formula is C13H24N2O3S2. The van der Waals surface area contributed by atoms with Crippen LogP contribution in [0.4, 0.5) is 0 Å². The highest BCUT2D eigenvalue weighted by molar-refractivity contribution is 7.89. The van der Waals surface area contributed by atoms with E-state index in [-0.39, 0.29) is 0 Å². The average Bonchev–Trinajstić information content (AvgIpc) is 2.83. The molecule has 0 aliphatic carbocycles. The van der Waals surface area contributed by atoms with Crippen molar-refractivity contribution in [1.82, 2.24) is 10.0 Å². The van der Waals surface area contributed by atoms with Crippen molar-refractivity contribution < 1.29 is 13.2 Å². The van der Waals surface area contributed by atoms with Gasteiger partial charge >= 0.3 is 0 Å². The standard InChI is InChI=1S/C13H24N2O3S2/c1-11(2)4-7-18-8-6-15-20(16,17)13-5-9-19-12(13)10-14-3/h5,9,11,14-15H,4,6-8,10H2,1-3H3. The molecule has 0 saturated carbocycles. The van der Waals surface area contributed by atoms with Gasteiger partial charge in [0.1, 0.15) is 0 Å². The van der Waals surface area contributed by atoms with Crippen molar-refractivity contribution in [2.75, 3.05) is 26.8 Å². The van der Waals surface area contributed by atoms with E-state index in [1.807, 2.05) is 0 Å². The van der Waals surface area contributed by atoms with Crippen LogP contribution in [0, 0.1) is 5.92 Å². The van der Waals surface area contributed by atoms with Gasteiger partial charge in [0.25, 0.3) is 0 Å². The van der Waals surface area contributed by atoms with E-state index in [0.29, 0.717) is 37.1 Å². The lowest BCUT2D eigenvalue weighted by Crippen LogP contribution is -2.28. The van der Waals surface area contributed by atoms with Gasteiger partial charge in [-0.15, -0.1) is 11.3 Å². The van der Waals surface area contributed by atoms with Gasteiger partial charge in [0, 0.05) is 24.6 Å². The second-order valence-electron chi connectivity index (χ2n) is 4.93. The van der Waals surface area contributed by atoms with Crippen LogP contribution in [0.5, 0.6) is 0 Å². The zero-order valence-corrected chi connectivity index (χ0v) is 13.9. The van der Waals surface area contributed by atoms with Gasteiger partial charge in [-0.2, -0.15) is 0 Å². The summed E-state index contributed by atoms with van der Waals surface area (Å²) in [5.41, 5.74) is 0. The molecule has 7 heteroatoms. The van der Waals surface area contributed by atoms with E-state index >= 15 is 0 Å². The first-order valence-electron chi connectivity index (χ1n) is 6.75. The zero-order chi connectivity index (χ0) is 15.0. The zero-order valence-electron chi connectivity index (χ0n) is 12.3. The van der Waals surface area contributed by atoms with Crippen molar-refractivity contribution in [3.63, 3.8) is 0 Å². The maximum absolute atomic E-state index is 12.1. The van der Waals surface area contributed by atoms with E-state index in [4.69, 9.17) is 4.74 Å². The van der Waals surface area contributed by atoms with Crippen LogP contribution in [0.25, 0.3) is 0 Å². The number of thiophene rings is 1. The normalized spacial score (nSPS) is 12.2. The summed E-state index contributed by atoms with van der Waals surface area (Å²) in [6, 6.07) is 1.64. The number of rotatable bonds is 10. The van der Waals surface area contributed by atoms with Gasteiger partial charge in [-0.3, -0.25) is 0 Å². The fourth-order valence-corrected chi connectivity index (χ4v) is 4.07. The number of hydrogen-bond donors (Lipinski definition) is 2. The first-order chi connectivity index (χ1) is 9.47. The monoisotopic (exact) mass is 320 g/mol. The molecule has 0 saturated heterocycles. The molecule has 116 valence electrons. The number of nitrogens with one attached hydrogen (secondary N) is 2. The van der Waals surface area contributed by atoms with E-state index in [9.17, 15) is 8.42 Å². The van der Waals surface area contributed by atoms with E-state index in [2.05, 4.69) is 23.9 Å². The molecule has 2 N–H and O–H groups in total. The molecule has 0 spiro atoms. The summed E-state index contributed by atoms with van der Waals surface area (Å²) in [6.07, 6.45) is 0.990. The van der Waals surface area contributed by atoms with Gasteiger partial charge in [0.15, 0.2) is 0 Å². The van der Waals surface area contributed by atoms with Crippen LogP contribution in [-0.4, -0.2) is 35.2 Å². The number of ether oxygens (including phenoxy) is 1. The minimum absolute atomic E-state index is 0.301. The third kappa shape index (κ3) is 5.88. The van der Waals surface area contributed by atoms with Crippen molar-refractivity contribution >= 4 is 21.4 Å². The van der Waals surface area contributed by atoms with Crippen LogP contribution >= 0.6 is 11.3 Å². The fourth-order valence-electron chi connectivity index (χ4n) is 1.60. The minimum Gasteiger partial charge on any atom is -0.380 e. The van der Waals surface area contributed by atoms with Gasteiger partial charge in [-0.1, -0.05) is 13.8 Å². The Kier molecular flexibility index (Phi) is 7.68. The summed E-state index contributed by atoms with van der Waals surface area (Å²) in [6.45, 7) is 6.19. The molecule has 1 aromatic rings. The molecule has 0 fully saturated rings. The maximum Gasteiger partial charge on any atom is 0.241 e. The van der Waals surface area contributed by atoms with Crippen LogP contribution in [0.15, 0.2) is 16.3 Å². The Morgan fingerprint density at radius 2 is 2.10 bits per heavy atom. The van der Waals surface area contributed by atoms with Crippen LogP contribution in [0.2, 0.25) is 0 Å². The summed E-state index contributed by atoms with van der Waals surface area (Å²) in [4.78, 5) is 1.18. The fraction of sp³-hybridized carbons (Fsp3) is 0.692. The van der Waals surface area contributed by atoms with Crippen LogP contribution in [0.1, 0.15) is 25.1 Å². The predicted molar refractivity (Wildman–Crippen MR) is 82.5 cm³/mol. The summed E-state index contributed by atoms with van der Waals surface area (Å²) in [5, 5.41) is 4.76. The molecule has 0 radical (unpaired) electrons. The molecule has 5 nitrogen and oxygen atoms in total. The first kappa shape index (κ1) is 17.6. The highest BCUT2D eigenvalue weighted by Gasteiger charge is 2.18. The van der Waals surface area contributed by atoms with Crippen molar-refractivity contribution in [2.45, 2.75) is 31.7 Å². The predicted octanol–water partition coefficient (Wildman–Crippen LogP) is 1.81. The van der Waals surface area contributed by atoms with Crippen LogP contribution in [-0.2, 0) is 21.3 Å². The minimum atomic E-state index is -3.43. The molecule has 0 amide bonds. The molecule has 0 atom stereocenters. The molecule has 0 bridgehead atoms. The maximum atomic E-state index is 12.1. The van der Waals surface area contributed by atoms with Crippen molar-refractivity contribution in [2.24, 2.45) is 5.92 Å². The molecule has 0 aliphatic heterocycles. The Balaban J connectivity index is 2.40. The third-order valence-corrected chi connectivity index (χ3v) is 5.31. The van der Waals surface area contributed by atoms with E-state index in [1.165, 1.54) is 11.3 Å². The third-order valence-electron chi connectivity index (χ3n) is 2.71. The highest BCUT2D eigenvalue weighted by Crippen LogP contribution is 2.21. The Hall–Kier alpha value is -0.470. The molecule has 1 heterocycles. The summed E-state index contributed by atoms with van der Waals surface area (Å²) >= 11 is 1.44. The first-order valence-corrected chi connectivity index (χ1v) is 9.12. The van der Waals surface area contributed by atoms with E-state index < -0.39 is 10.0 Å². The largest absolute Gasteiger partial charge is 0.380 e. The lowest BCUT2D eigenvalue weighted by molar-refractivity contribution is 0.128. The van der Waals surface area contributed by atoms with Gasteiger partial charge in [-0.05, 0) is 30.8 Å². The van der Waals surface area contributed by atoms with Gasteiger partial charge in [0.2, 0.25) is 10.0 Å². The van der Waals surface area contributed by atoms with Crippen LogP contribution < -0.4 is 10.0 Å². The topological polar surface area (TPSA) is 67.4 Å². The van der Waals surface area contributed by atoms with Crippen LogP contribution in [0.3, 0.4) is 0 Å². The lowest BCUT2D eigenvalue weighted by Gasteiger charge is -2.09. The summed E-state index contributed by atoms with van der Waals surface area (Å²) in [7, 11) is -1.64. The molecule has 1 aromatic heterocycles. The second kappa shape index (κ2) is 8.74. The summed E-state index contributed by atoms with van der Waals surface area (Å²) in [5.74, 6) is 0.599. The SMILES string of the molecule is CNCc1sccc1S(=O)(=O)NCCOCCC(C)C. The number of hydrogen-bond acceptors (Lipinski definition) is 5. The summed E-state index contributed by atoms with van der Waals surface area (Å²) < 4.78 is 32.3. The van der Waals surface area contributed by atoms with Gasteiger partial charge in [-0.25, -0.2) is 13.1 Å². The van der Waals surface area contributed by atoms with Crippen molar-refractivity contribution in [1.29, 1.82) is 0 Å². The molecule has 0 unspecified atom stereocenters. The van der Waals surface area contributed by atoms with E-state index in [1.54, 1.807) is 18.5 Å². The van der Waals surface area contributed by atoms with Crippen molar-refractivity contribution in [3.05, 3.63) is 16.3 Å². The Morgan fingerprint density at radius 1 is 1.35 bits per heavy atom.